The van der Waals surface area contributed by atoms with E-state index in [-0.39, 0.29) is 5.82 Å². The summed E-state index contributed by atoms with van der Waals surface area (Å²) in [5.74, 6) is 0.115. The van der Waals surface area contributed by atoms with E-state index in [9.17, 15) is 4.79 Å². The first-order valence-corrected chi connectivity index (χ1v) is 5.97. The Morgan fingerprint density at radius 2 is 2.17 bits per heavy atom. The molecule has 1 heterocycles. The molecule has 1 fully saturated rings. The number of carbonyl (C=O) groups is 1. The molecule has 1 aromatic rings. The Balaban J connectivity index is 2.38. The zero-order chi connectivity index (χ0) is 13.0. The molecule has 1 saturated carbocycles. The monoisotopic (exact) mass is 245 g/mol. The molecule has 0 saturated heterocycles. The molecular weight excluding hydrogens is 230 g/mol. The summed E-state index contributed by atoms with van der Waals surface area (Å²) in [6.45, 7) is 0. The number of primary amides is 1. The van der Waals surface area contributed by atoms with Gasteiger partial charge in [-0.15, -0.1) is 0 Å². The van der Waals surface area contributed by atoms with E-state index in [1.807, 2.05) is 6.07 Å². The number of nitrogens with zero attached hydrogens (tertiary/aromatic N) is 3. The lowest BCUT2D eigenvalue weighted by Crippen LogP contribution is -2.50. The first-order valence-electron chi connectivity index (χ1n) is 5.97. The van der Waals surface area contributed by atoms with Crippen LogP contribution >= 0.6 is 0 Å². The molecule has 0 unspecified atom stereocenters. The van der Waals surface area contributed by atoms with Crippen molar-refractivity contribution in [2.45, 2.75) is 37.6 Å². The summed E-state index contributed by atoms with van der Waals surface area (Å²) in [5.41, 5.74) is 5.39. The van der Waals surface area contributed by atoms with Gasteiger partial charge < -0.3 is 11.1 Å². The first-order chi connectivity index (χ1) is 8.66. The van der Waals surface area contributed by atoms with Crippen molar-refractivity contribution < 1.29 is 4.79 Å². The molecule has 0 aliphatic heterocycles. The zero-order valence-corrected chi connectivity index (χ0v) is 10.0. The van der Waals surface area contributed by atoms with Gasteiger partial charge in [0.1, 0.15) is 6.07 Å². The first kappa shape index (κ1) is 12.3. The van der Waals surface area contributed by atoms with Crippen molar-refractivity contribution in [3.63, 3.8) is 0 Å². The predicted octanol–water partition coefficient (Wildman–Crippen LogP) is 1.18. The summed E-state index contributed by atoms with van der Waals surface area (Å²) in [4.78, 5) is 19.2. The van der Waals surface area contributed by atoms with Gasteiger partial charge in [0.15, 0.2) is 0 Å². The van der Waals surface area contributed by atoms with Gasteiger partial charge >= 0.3 is 6.03 Å². The standard InChI is InChI=1S/C12H15N5O/c13-8-10-15-7-4-9(16-10)12(17-11(14)18)5-2-1-3-6-12/h4,7H,1-3,5-6H2,(H3,14,17,18). The number of nitriles is 1. The highest BCUT2D eigenvalue weighted by molar-refractivity contribution is 5.72. The van der Waals surface area contributed by atoms with Gasteiger partial charge in [-0.05, 0) is 18.9 Å². The number of nitrogens with two attached hydrogens (primary N) is 1. The number of nitrogens with one attached hydrogen (secondary N) is 1. The summed E-state index contributed by atoms with van der Waals surface area (Å²) in [7, 11) is 0. The van der Waals surface area contributed by atoms with Crippen LogP contribution in [0.1, 0.15) is 43.6 Å². The van der Waals surface area contributed by atoms with Crippen LogP contribution in [0.4, 0.5) is 4.79 Å². The Morgan fingerprint density at radius 3 is 2.78 bits per heavy atom. The quantitative estimate of drug-likeness (QED) is 0.816. The van der Waals surface area contributed by atoms with Crippen LogP contribution in [0.15, 0.2) is 12.3 Å². The molecule has 2 rings (SSSR count). The normalized spacial score (nSPS) is 17.7. The molecular formula is C12H15N5O. The minimum atomic E-state index is -0.561. The third-order valence-corrected chi connectivity index (χ3v) is 3.32. The summed E-state index contributed by atoms with van der Waals surface area (Å²) >= 11 is 0. The molecule has 6 heteroatoms. The van der Waals surface area contributed by atoms with E-state index in [4.69, 9.17) is 11.0 Å². The van der Waals surface area contributed by atoms with Crippen molar-refractivity contribution in [3.8, 4) is 6.07 Å². The molecule has 0 aromatic carbocycles. The van der Waals surface area contributed by atoms with E-state index in [0.717, 1.165) is 32.1 Å². The second-order valence-electron chi connectivity index (χ2n) is 4.51. The van der Waals surface area contributed by atoms with Crippen LogP contribution in [-0.4, -0.2) is 16.0 Å². The molecule has 2 amide bonds. The predicted molar refractivity (Wildman–Crippen MR) is 64.2 cm³/mol. The van der Waals surface area contributed by atoms with Crippen LogP contribution in [0.5, 0.6) is 0 Å². The molecule has 0 bridgehead atoms. The maximum atomic E-state index is 11.2. The van der Waals surface area contributed by atoms with E-state index in [2.05, 4.69) is 15.3 Å². The molecule has 94 valence electrons. The molecule has 3 N–H and O–H groups in total. The van der Waals surface area contributed by atoms with Gasteiger partial charge in [0, 0.05) is 6.20 Å². The lowest BCUT2D eigenvalue weighted by molar-refractivity contribution is 0.206. The molecule has 1 aliphatic rings. The Labute approximate surface area is 105 Å². The fraction of sp³-hybridized carbons (Fsp3) is 0.500. The highest BCUT2D eigenvalue weighted by atomic mass is 16.2. The second kappa shape index (κ2) is 5.00. The Bertz CT molecular complexity index is 487. The van der Waals surface area contributed by atoms with E-state index in [1.54, 1.807) is 12.3 Å². The summed E-state index contributed by atoms with van der Waals surface area (Å²) in [6, 6.07) is 3.09. The van der Waals surface area contributed by atoms with Crippen LogP contribution in [0.3, 0.4) is 0 Å². The maximum absolute atomic E-state index is 11.2. The van der Waals surface area contributed by atoms with Gasteiger partial charge in [-0.3, -0.25) is 0 Å². The third-order valence-electron chi connectivity index (χ3n) is 3.32. The molecule has 1 aliphatic carbocycles. The molecule has 0 radical (unpaired) electrons. The summed E-state index contributed by atoms with van der Waals surface area (Å²) < 4.78 is 0. The molecule has 18 heavy (non-hydrogen) atoms. The largest absolute Gasteiger partial charge is 0.352 e. The average Bonchev–Trinajstić information content (AvgIpc) is 2.39. The van der Waals surface area contributed by atoms with Crippen LogP contribution in [0.25, 0.3) is 0 Å². The van der Waals surface area contributed by atoms with E-state index < -0.39 is 11.6 Å². The van der Waals surface area contributed by atoms with E-state index in [0.29, 0.717) is 5.69 Å². The summed E-state index contributed by atoms with van der Waals surface area (Å²) in [5, 5.41) is 11.6. The number of rotatable bonds is 2. The van der Waals surface area contributed by atoms with Crippen LogP contribution in [-0.2, 0) is 5.54 Å². The number of urea groups is 1. The van der Waals surface area contributed by atoms with Gasteiger partial charge in [0.25, 0.3) is 0 Å². The number of carbonyl (C=O) groups excluding carboxylic acids is 1. The van der Waals surface area contributed by atoms with Crippen molar-refractivity contribution in [2.75, 3.05) is 0 Å². The minimum Gasteiger partial charge on any atom is -0.352 e. The van der Waals surface area contributed by atoms with Crippen molar-refractivity contribution in [1.29, 1.82) is 5.26 Å². The van der Waals surface area contributed by atoms with Gasteiger partial charge in [0.05, 0.1) is 11.2 Å². The van der Waals surface area contributed by atoms with Crippen molar-refractivity contribution in [2.24, 2.45) is 5.73 Å². The van der Waals surface area contributed by atoms with Crippen LogP contribution in [0, 0.1) is 11.3 Å². The maximum Gasteiger partial charge on any atom is 0.312 e. The molecule has 0 atom stereocenters. The van der Waals surface area contributed by atoms with Crippen molar-refractivity contribution >= 4 is 6.03 Å². The van der Waals surface area contributed by atoms with Gasteiger partial charge in [-0.1, -0.05) is 19.3 Å². The van der Waals surface area contributed by atoms with Crippen LogP contribution < -0.4 is 11.1 Å². The van der Waals surface area contributed by atoms with Crippen molar-refractivity contribution in [1.82, 2.24) is 15.3 Å². The lowest BCUT2D eigenvalue weighted by Gasteiger charge is -2.36. The number of aromatic nitrogens is 2. The average molecular weight is 245 g/mol. The molecule has 6 nitrogen and oxygen atoms in total. The highest BCUT2D eigenvalue weighted by Crippen LogP contribution is 2.35. The number of hydrogen-bond acceptors (Lipinski definition) is 4. The van der Waals surface area contributed by atoms with Crippen molar-refractivity contribution in [3.05, 3.63) is 23.8 Å². The Kier molecular flexibility index (Phi) is 3.42. The topological polar surface area (TPSA) is 105 Å². The second-order valence-corrected chi connectivity index (χ2v) is 4.51. The minimum absolute atomic E-state index is 0.115. The fourth-order valence-corrected chi connectivity index (χ4v) is 2.52. The molecule has 1 aromatic heterocycles. The number of hydrogen-bond donors (Lipinski definition) is 2. The van der Waals surface area contributed by atoms with Gasteiger partial charge in [-0.25, -0.2) is 14.8 Å². The highest BCUT2D eigenvalue weighted by Gasteiger charge is 2.36. The Morgan fingerprint density at radius 1 is 1.44 bits per heavy atom. The van der Waals surface area contributed by atoms with E-state index >= 15 is 0 Å². The SMILES string of the molecule is N#Cc1nccc(C2(NC(N)=O)CCCCC2)n1. The third kappa shape index (κ3) is 2.40. The van der Waals surface area contributed by atoms with Gasteiger partial charge in [-0.2, -0.15) is 5.26 Å². The fourth-order valence-electron chi connectivity index (χ4n) is 2.52. The van der Waals surface area contributed by atoms with E-state index in [1.165, 1.54) is 0 Å². The number of amides is 2. The molecule has 0 spiro atoms. The lowest BCUT2D eigenvalue weighted by atomic mass is 9.79. The zero-order valence-electron chi connectivity index (χ0n) is 10.0. The Hall–Kier alpha value is -2.16. The summed E-state index contributed by atoms with van der Waals surface area (Å²) in [6.07, 6.45) is 6.27. The van der Waals surface area contributed by atoms with Crippen LogP contribution in [0.2, 0.25) is 0 Å². The van der Waals surface area contributed by atoms with Gasteiger partial charge in [0.2, 0.25) is 5.82 Å². The smallest absolute Gasteiger partial charge is 0.312 e.